The van der Waals surface area contributed by atoms with Crippen LogP contribution in [0.15, 0.2) is 17.9 Å². The third-order valence-electron chi connectivity index (χ3n) is 4.27. The van der Waals surface area contributed by atoms with Crippen LogP contribution in [0, 0.1) is 0 Å². The van der Waals surface area contributed by atoms with Crippen molar-refractivity contribution in [3.8, 4) is 0 Å². The Kier molecular flexibility index (Phi) is 10.3. The lowest BCUT2D eigenvalue weighted by molar-refractivity contribution is 0.328. The van der Waals surface area contributed by atoms with E-state index >= 15 is 0 Å². The topological polar surface area (TPSA) is 9.23 Å². The molecule has 0 heterocycles. The second-order valence-corrected chi connectivity index (χ2v) is 12.0. The minimum absolute atomic E-state index is 0.295. The first-order valence-electron chi connectivity index (χ1n) is 8.34. The number of hydrogen-bond acceptors (Lipinski definition) is 1. The average molecular weight is 297 g/mol. The molecule has 0 aliphatic heterocycles. The Morgan fingerprint density at radius 3 is 2.15 bits per heavy atom. The van der Waals surface area contributed by atoms with Crippen molar-refractivity contribution in [1.29, 1.82) is 0 Å². The third kappa shape index (κ3) is 9.58. The first-order valence-corrected chi connectivity index (χ1v) is 11.3. The molecule has 0 aromatic carbocycles. The molecular weight excluding hydrogens is 260 g/mol. The third-order valence-corrected chi connectivity index (χ3v) is 8.77. The van der Waals surface area contributed by atoms with Crippen molar-refractivity contribution in [2.24, 2.45) is 0 Å². The van der Waals surface area contributed by atoms with E-state index in [0.717, 1.165) is 6.42 Å². The van der Waals surface area contributed by atoms with Crippen LogP contribution >= 0.6 is 0 Å². The second-order valence-electron chi connectivity index (χ2n) is 7.20. The predicted octanol–water partition coefficient (Wildman–Crippen LogP) is 6.47. The van der Waals surface area contributed by atoms with Crippen LogP contribution in [0.4, 0.5) is 0 Å². The Labute approximate surface area is 128 Å². The maximum atomic E-state index is 6.07. The quantitative estimate of drug-likeness (QED) is 0.255. The highest BCUT2D eigenvalue weighted by molar-refractivity contribution is 6.74. The highest BCUT2D eigenvalue weighted by atomic mass is 28.4. The molecule has 20 heavy (non-hydrogen) atoms. The van der Waals surface area contributed by atoms with Gasteiger partial charge in [-0.1, -0.05) is 59.8 Å². The summed E-state index contributed by atoms with van der Waals surface area (Å²) in [6.07, 6.45) is 13.5. The SMILES string of the molecule is CCCCCCCCC=C=CCO[Si](C)(C)C(C)(C)C. The molecule has 0 spiro atoms. The van der Waals surface area contributed by atoms with Crippen molar-refractivity contribution >= 4 is 8.32 Å². The minimum Gasteiger partial charge on any atom is -0.413 e. The van der Waals surface area contributed by atoms with Gasteiger partial charge in [0.25, 0.3) is 0 Å². The summed E-state index contributed by atoms with van der Waals surface area (Å²) in [5.41, 5.74) is 3.26. The molecule has 0 fully saturated rings. The van der Waals surface area contributed by atoms with Gasteiger partial charge in [-0.3, -0.25) is 0 Å². The van der Waals surface area contributed by atoms with E-state index in [-0.39, 0.29) is 0 Å². The fraction of sp³-hybridized carbons (Fsp3) is 0.833. The molecule has 0 saturated carbocycles. The maximum Gasteiger partial charge on any atom is 0.192 e. The van der Waals surface area contributed by atoms with Crippen LogP contribution < -0.4 is 0 Å². The van der Waals surface area contributed by atoms with E-state index in [2.05, 4.69) is 52.6 Å². The van der Waals surface area contributed by atoms with Gasteiger partial charge in [0.1, 0.15) is 0 Å². The van der Waals surface area contributed by atoms with Crippen molar-refractivity contribution in [2.45, 2.75) is 90.8 Å². The summed E-state index contributed by atoms with van der Waals surface area (Å²) >= 11 is 0. The Hall–Kier alpha value is -0.303. The van der Waals surface area contributed by atoms with Crippen LogP contribution in [0.5, 0.6) is 0 Å². The molecular formula is C18H36OSi. The molecule has 0 bridgehead atoms. The van der Waals surface area contributed by atoms with E-state index in [1.54, 1.807) is 0 Å². The van der Waals surface area contributed by atoms with Gasteiger partial charge in [0.05, 0.1) is 6.61 Å². The summed E-state index contributed by atoms with van der Waals surface area (Å²) in [6, 6.07) is 0. The first-order chi connectivity index (χ1) is 9.31. The lowest BCUT2D eigenvalue weighted by Crippen LogP contribution is -2.40. The Morgan fingerprint density at radius 2 is 1.55 bits per heavy atom. The van der Waals surface area contributed by atoms with E-state index in [1.807, 2.05) is 6.08 Å². The zero-order valence-electron chi connectivity index (χ0n) is 14.7. The molecule has 2 heteroatoms. The maximum absolute atomic E-state index is 6.07. The average Bonchev–Trinajstić information content (AvgIpc) is 2.34. The zero-order chi connectivity index (χ0) is 15.5. The van der Waals surface area contributed by atoms with Crippen molar-refractivity contribution in [2.75, 3.05) is 6.61 Å². The van der Waals surface area contributed by atoms with Gasteiger partial charge in [0.15, 0.2) is 8.32 Å². The summed E-state index contributed by atoms with van der Waals surface area (Å²) in [4.78, 5) is 0. The van der Waals surface area contributed by atoms with Gasteiger partial charge in [-0.2, -0.15) is 0 Å². The molecule has 0 aliphatic carbocycles. The van der Waals surface area contributed by atoms with E-state index in [4.69, 9.17) is 4.43 Å². The monoisotopic (exact) mass is 296 g/mol. The molecule has 0 aliphatic rings. The molecule has 0 aromatic rings. The summed E-state index contributed by atoms with van der Waals surface area (Å²) in [5, 5.41) is 0.295. The molecule has 0 rings (SSSR count). The van der Waals surface area contributed by atoms with Gasteiger partial charge < -0.3 is 4.43 Å². The number of rotatable bonds is 10. The van der Waals surface area contributed by atoms with Crippen LogP contribution in [-0.2, 0) is 4.43 Å². The first kappa shape index (κ1) is 19.7. The summed E-state index contributed by atoms with van der Waals surface area (Å²) < 4.78 is 6.07. The van der Waals surface area contributed by atoms with E-state index < -0.39 is 8.32 Å². The van der Waals surface area contributed by atoms with Crippen molar-refractivity contribution in [3.05, 3.63) is 17.9 Å². The second kappa shape index (κ2) is 10.4. The van der Waals surface area contributed by atoms with Crippen LogP contribution in [0.3, 0.4) is 0 Å². The predicted molar refractivity (Wildman–Crippen MR) is 93.8 cm³/mol. The number of unbranched alkanes of at least 4 members (excludes halogenated alkanes) is 6. The van der Waals surface area contributed by atoms with Crippen LogP contribution in [0.2, 0.25) is 18.1 Å². The lowest BCUT2D eigenvalue weighted by Gasteiger charge is -2.35. The van der Waals surface area contributed by atoms with Gasteiger partial charge in [0, 0.05) is 0 Å². The lowest BCUT2D eigenvalue weighted by atomic mass is 10.1. The van der Waals surface area contributed by atoms with Crippen molar-refractivity contribution in [3.63, 3.8) is 0 Å². The van der Waals surface area contributed by atoms with E-state index in [1.165, 1.54) is 38.5 Å². The standard InChI is InChI=1S/C18H36OSi/c1-7-8-9-10-11-12-13-14-15-16-17-19-20(5,6)18(2,3)4/h14,16H,7-13,17H2,1-6H3. The molecule has 118 valence electrons. The molecule has 0 aromatic heterocycles. The van der Waals surface area contributed by atoms with Gasteiger partial charge >= 0.3 is 0 Å². The molecule has 0 saturated heterocycles. The zero-order valence-corrected chi connectivity index (χ0v) is 15.7. The largest absolute Gasteiger partial charge is 0.413 e. The Morgan fingerprint density at radius 1 is 0.950 bits per heavy atom. The van der Waals surface area contributed by atoms with Gasteiger partial charge in [-0.05, 0) is 43.1 Å². The van der Waals surface area contributed by atoms with Crippen molar-refractivity contribution < 1.29 is 4.43 Å². The molecule has 0 amide bonds. The molecule has 0 N–H and O–H groups in total. The fourth-order valence-electron chi connectivity index (χ4n) is 1.71. The highest BCUT2D eigenvalue weighted by Gasteiger charge is 2.36. The highest BCUT2D eigenvalue weighted by Crippen LogP contribution is 2.36. The smallest absolute Gasteiger partial charge is 0.192 e. The van der Waals surface area contributed by atoms with Gasteiger partial charge in [-0.15, -0.1) is 5.73 Å². The Bertz CT molecular complexity index is 293. The summed E-state index contributed by atoms with van der Waals surface area (Å²) in [7, 11) is -1.58. The van der Waals surface area contributed by atoms with Gasteiger partial charge in [-0.25, -0.2) is 0 Å². The van der Waals surface area contributed by atoms with Crippen LogP contribution in [0.1, 0.15) is 72.6 Å². The van der Waals surface area contributed by atoms with Crippen LogP contribution in [-0.4, -0.2) is 14.9 Å². The summed E-state index contributed by atoms with van der Waals surface area (Å²) in [5.74, 6) is 0. The number of hydrogen-bond donors (Lipinski definition) is 0. The molecule has 0 atom stereocenters. The van der Waals surface area contributed by atoms with Crippen molar-refractivity contribution in [1.82, 2.24) is 0 Å². The minimum atomic E-state index is -1.58. The molecule has 0 unspecified atom stereocenters. The molecule has 0 radical (unpaired) electrons. The fourth-order valence-corrected chi connectivity index (χ4v) is 2.64. The molecule has 1 nitrogen and oxygen atoms in total. The van der Waals surface area contributed by atoms with E-state index in [9.17, 15) is 0 Å². The normalized spacial score (nSPS) is 12.1. The van der Waals surface area contributed by atoms with Gasteiger partial charge in [0.2, 0.25) is 0 Å². The van der Waals surface area contributed by atoms with E-state index in [0.29, 0.717) is 11.6 Å². The Balaban J connectivity index is 3.68. The summed E-state index contributed by atoms with van der Waals surface area (Å²) in [6.45, 7) is 14.4. The van der Waals surface area contributed by atoms with Crippen LogP contribution in [0.25, 0.3) is 0 Å².